The zero-order chi connectivity index (χ0) is 64.0. The Labute approximate surface area is 486 Å². The molecule has 460 valence electrons. The Hall–Kier alpha value is -7.25. The van der Waals surface area contributed by atoms with Crippen molar-refractivity contribution in [2.24, 2.45) is 11.8 Å². The van der Waals surface area contributed by atoms with Crippen molar-refractivity contribution in [3.8, 4) is 0 Å². The second kappa shape index (κ2) is 24.5. The van der Waals surface area contributed by atoms with E-state index in [4.69, 9.17) is 0 Å². The number of benzene rings is 6. The molecule has 0 saturated heterocycles. The number of amides is 2. The summed E-state index contributed by atoms with van der Waals surface area (Å²) in [5.41, 5.74) is -19.4. The minimum Gasteiger partial charge on any atom is -0.305 e. The molecule has 0 radical (unpaired) electrons. The van der Waals surface area contributed by atoms with Gasteiger partial charge in [-0.15, -0.1) is 0 Å². The lowest BCUT2D eigenvalue weighted by atomic mass is 9.89. The first-order chi connectivity index (χ1) is 39.7. The Kier molecular flexibility index (Phi) is 18.9. The molecule has 0 bridgehead atoms. The maximum Gasteiger partial charge on any atom is 0.435 e. The van der Waals surface area contributed by atoms with Gasteiger partial charge in [-0.25, -0.2) is 17.6 Å². The Balaban J connectivity index is 0.000000247. The van der Waals surface area contributed by atoms with Crippen LogP contribution in [0.15, 0.2) is 120 Å². The number of halogens is 20. The predicted molar refractivity (Wildman–Crippen MR) is 280 cm³/mol. The van der Waals surface area contributed by atoms with Gasteiger partial charge in [0.15, 0.2) is 23.2 Å². The van der Waals surface area contributed by atoms with Gasteiger partial charge in [0.05, 0.1) is 33.6 Å². The number of carbonyl (C=O) groups excluding carboxylic acids is 4. The summed E-state index contributed by atoms with van der Waals surface area (Å²) in [7, 11) is 0. The summed E-state index contributed by atoms with van der Waals surface area (Å²) in [5, 5.41) is 0. The number of nitrogens with zero attached hydrogens (tertiary/aromatic N) is 2. The van der Waals surface area contributed by atoms with Crippen LogP contribution in [0, 0.1) is 37.3 Å². The van der Waals surface area contributed by atoms with Gasteiger partial charge in [-0.3, -0.25) is 19.2 Å². The molecule has 0 N–H and O–H groups in total. The van der Waals surface area contributed by atoms with Crippen LogP contribution in [0.25, 0.3) is 0 Å². The molecule has 0 spiro atoms. The van der Waals surface area contributed by atoms with E-state index in [1.54, 1.807) is 43.3 Å². The van der Waals surface area contributed by atoms with Gasteiger partial charge in [0.1, 0.15) is 0 Å². The normalized spacial score (nSPS) is 14.9. The number of ketones is 2. The van der Waals surface area contributed by atoms with Crippen molar-refractivity contribution >= 4 is 50.7 Å². The lowest BCUT2D eigenvalue weighted by Crippen LogP contribution is -2.50. The Morgan fingerprint density at radius 3 is 1.26 bits per heavy atom. The number of hydrogen-bond donors (Lipinski definition) is 0. The lowest BCUT2D eigenvalue weighted by molar-refractivity contribution is -0.348. The van der Waals surface area contributed by atoms with Crippen LogP contribution >= 0.6 is 15.9 Å². The van der Waals surface area contributed by atoms with Crippen molar-refractivity contribution in [2.75, 3.05) is 22.9 Å². The first-order valence-corrected chi connectivity index (χ1v) is 26.6. The van der Waals surface area contributed by atoms with Crippen LogP contribution in [0.1, 0.15) is 119 Å². The van der Waals surface area contributed by atoms with E-state index < -0.39 is 145 Å². The predicted octanol–water partition coefficient (Wildman–Crippen LogP) is 18.1. The summed E-state index contributed by atoms with van der Waals surface area (Å²) in [4.78, 5) is 55.2. The standard InChI is InChI=1S/C30H21BrF11NO2.C30H25F8NO2/c1-15-5-9-17(10-6-15)26(45)43(14-16-7-8-16)23-4-2-3-19(25(23)32)24(44)13-20-21(28(34,35)36)11-18(12-22(20)31)27(33,29(37,38)39)30(40,41)42;1-17-6-10-19(11-7-17)27(41)39(16-18-8-9-18)24-5-3-4-22(26(24)31)25(40)14-20-12-13-21(15-23(20)29(33,34)35)28(2,32)30(36,37)38/h2-6,9-12,16H,7-8,13-14H2,1H3;3-7,10-13,15,18H,8-9,14,16H2,1-2H3. The fraction of sp³-hybridized carbons (Fsp3) is 0.333. The molecule has 6 nitrogen and oxygen atoms in total. The Morgan fingerprint density at radius 1 is 0.488 bits per heavy atom. The van der Waals surface area contributed by atoms with Crippen LogP contribution in [-0.4, -0.2) is 55.0 Å². The second-order valence-electron chi connectivity index (χ2n) is 20.9. The molecule has 8 rings (SSSR count). The number of alkyl halides is 17. The van der Waals surface area contributed by atoms with Crippen LogP contribution in [0.2, 0.25) is 0 Å². The summed E-state index contributed by atoms with van der Waals surface area (Å²) in [6, 6.07) is 20.1. The molecule has 26 heteroatoms. The highest BCUT2D eigenvalue weighted by atomic mass is 79.9. The maximum atomic E-state index is 15.9. The first kappa shape index (κ1) is 66.3. The van der Waals surface area contributed by atoms with E-state index >= 15 is 8.78 Å². The van der Waals surface area contributed by atoms with Gasteiger partial charge in [0.2, 0.25) is 5.67 Å². The van der Waals surface area contributed by atoms with E-state index in [0.29, 0.717) is 12.1 Å². The van der Waals surface area contributed by atoms with Gasteiger partial charge in [-0.1, -0.05) is 75.6 Å². The lowest BCUT2D eigenvalue weighted by Gasteiger charge is -2.31. The topological polar surface area (TPSA) is 74.8 Å². The molecule has 86 heavy (non-hydrogen) atoms. The minimum absolute atomic E-state index is 0.0144. The SMILES string of the molecule is Cc1ccc(C(=O)N(CC2CC2)c2cccc(C(=O)Cc3c(Br)cc(C(F)(C(F)(F)F)C(F)(F)F)cc3C(F)(F)F)c2F)cc1.Cc1ccc(C(=O)N(CC2CC2)c2cccc(C(=O)Cc3ccc(C(C)(F)C(F)(F)F)cc3C(F)(F)F)c2F)cc1. The molecular formula is C60H46BrF19N2O4. The monoisotopic (exact) mass is 1300 g/mol. The smallest absolute Gasteiger partial charge is 0.305 e. The highest BCUT2D eigenvalue weighted by Gasteiger charge is 2.74. The second-order valence-corrected chi connectivity index (χ2v) is 21.8. The average molecular weight is 1300 g/mol. The van der Waals surface area contributed by atoms with Gasteiger partial charge < -0.3 is 9.80 Å². The van der Waals surface area contributed by atoms with Gasteiger partial charge in [0.25, 0.3) is 11.8 Å². The van der Waals surface area contributed by atoms with E-state index in [1.807, 2.05) is 6.92 Å². The van der Waals surface area contributed by atoms with E-state index in [2.05, 4.69) is 15.9 Å². The molecule has 2 aliphatic carbocycles. The number of Topliss-reactive ketones (excluding diaryl/α,β-unsaturated/α-hetero) is 2. The number of anilines is 2. The van der Waals surface area contributed by atoms with Crippen LogP contribution in [0.3, 0.4) is 0 Å². The average Bonchev–Trinajstić information content (AvgIpc) is 1.82. The quantitative estimate of drug-likeness (QED) is 0.0715. The molecular weight excluding hydrogens is 1250 g/mol. The minimum atomic E-state index is -6.70. The van der Waals surface area contributed by atoms with Gasteiger partial charge >= 0.3 is 36.6 Å². The summed E-state index contributed by atoms with van der Waals surface area (Å²) in [5.74, 6) is -5.83. The van der Waals surface area contributed by atoms with Crippen LogP contribution < -0.4 is 9.80 Å². The number of carbonyl (C=O) groups is 4. The Bertz CT molecular complexity index is 3510. The van der Waals surface area contributed by atoms with Gasteiger partial charge in [0, 0.05) is 47.1 Å². The molecule has 2 fully saturated rings. The summed E-state index contributed by atoms with van der Waals surface area (Å²) >= 11 is 2.46. The van der Waals surface area contributed by atoms with Crippen LogP contribution in [0.5, 0.6) is 0 Å². The van der Waals surface area contributed by atoms with E-state index in [9.17, 15) is 93.8 Å². The van der Waals surface area contributed by atoms with Crippen molar-refractivity contribution in [2.45, 2.75) is 102 Å². The third kappa shape index (κ3) is 14.4. The van der Waals surface area contributed by atoms with Crippen molar-refractivity contribution in [1.29, 1.82) is 0 Å². The van der Waals surface area contributed by atoms with Crippen molar-refractivity contribution < 1.29 is 103 Å². The number of rotatable bonds is 16. The van der Waals surface area contributed by atoms with Crippen LogP contribution in [0.4, 0.5) is 94.8 Å². The highest BCUT2D eigenvalue weighted by Crippen LogP contribution is 2.55. The highest BCUT2D eigenvalue weighted by molar-refractivity contribution is 9.10. The molecule has 1 atom stereocenters. The molecule has 0 heterocycles. The fourth-order valence-corrected chi connectivity index (χ4v) is 9.62. The van der Waals surface area contributed by atoms with Gasteiger partial charge in [-0.05, 0) is 142 Å². The third-order valence-corrected chi connectivity index (χ3v) is 15.1. The molecule has 2 aliphatic rings. The van der Waals surface area contributed by atoms with E-state index in [-0.39, 0.29) is 66.5 Å². The van der Waals surface area contributed by atoms with Crippen molar-refractivity contribution in [3.63, 3.8) is 0 Å². The molecule has 6 aromatic rings. The fourth-order valence-electron chi connectivity index (χ4n) is 9.02. The Morgan fingerprint density at radius 2 is 0.884 bits per heavy atom. The molecule has 2 amide bonds. The zero-order valence-corrected chi connectivity index (χ0v) is 46.5. The largest absolute Gasteiger partial charge is 0.435 e. The molecule has 2 saturated carbocycles. The van der Waals surface area contributed by atoms with Crippen molar-refractivity contribution in [1.82, 2.24) is 0 Å². The van der Waals surface area contributed by atoms with E-state index in [0.717, 1.165) is 53.8 Å². The van der Waals surface area contributed by atoms with Crippen molar-refractivity contribution in [3.05, 3.63) is 198 Å². The number of aryl methyl sites for hydroxylation is 2. The zero-order valence-electron chi connectivity index (χ0n) is 44.9. The summed E-state index contributed by atoms with van der Waals surface area (Å²) in [6.45, 7) is 3.94. The first-order valence-electron chi connectivity index (χ1n) is 25.8. The van der Waals surface area contributed by atoms with Crippen LogP contribution in [-0.2, 0) is 36.5 Å². The van der Waals surface area contributed by atoms with Gasteiger partial charge in [-0.2, -0.15) is 65.9 Å². The number of hydrogen-bond acceptors (Lipinski definition) is 4. The molecule has 0 aliphatic heterocycles. The third-order valence-electron chi connectivity index (χ3n) is 14.4. The summed E-state index contributed by atoms with van der Waals surface area (Å²) < 4.78 is 262. The summed E-state index contributed by atoms with van der Waals surface area (Å²) in [6.07, 6.45) is -29.0. The maximum absolute atomic E-state index is 15.9. The van der Waals surface area contributed by atoms with E-state index in [1.165, 1.54) is 41.3 Å². The molecule has 6 aromatic carbocycles. The molecule has 1 unspecified atom stereocenters. The molecule has 0 aromatic heterocycles.